The number of carbonyl (C=O) groups is 1. The third-order valence-corrected chi connectivity index (χ3v) is 5.99. The quantitative estimate of drug-likeness (QED) is 0.359. The zero-order chi connectivity index (χ0) is 25.2. The lowest BCUT2D eigenvalue weighted by molar-refractivity contribution is 0.0650. The van der Waals surface area contributed by atoms with Gasteiger partial charge < -0.3 is 20.3 Å². The molecule has 0 spiro atoms. The Morgan fingerprint density at radius 3 is 2.37 bits per heavy atom. The molecule has 35 heavy (non-hydrogen) atoms. The van der Waals surface area contributed by atoms with Crippen molar-refractivity contribution in [2.24, 2.45) is 0 Å². The van der Waals surface area contributed by atoms with Gasteiger partial charge in [0.1, 0.15) is 29.5 Å². The van der Waals surface area contributed by atoms with Crippen LogP contribution in [0.25, 0.3) is 5.65 Å². The Morgan fingerprint density at radius 1 is 1.03 bits per heavy atom. The number of ether oxygens (including phenoxy) is 1. The second kappa shape index (κ2) is 9.81. The predicted molar refractivity (Wildman–Crippen MR) is 125 cm³/mol. The molecule has 0 bridgehead atoms. The monoisotopic (exact) mass is 481 g/mol. The summed E-state index contributed by atoms with van der Waals surface area (Å²) in [5, 5.41) is 23.1. The van der Waals surface area contributed by atoms with Crippen LogP contribution < -0.4 is 10.1 Å². The van der Waals surface area contributed by atoms with Gasteiger partial charge in [-0.2, -0.15) is 0 Å². The maximum atomic E-state index is 14.0. The molecule has 2 aromatic carbocycles. The lowest BCUT2D eigenvalue weighted by atomic mass is 9.88. The van der Waals surface area contributed by atoms with Gasteiger partial charge in [0.05, 0.1) is 24.5 Å². The molecule has 2 heterocycles. The summed E-state index contributed by atoms with van der Waals surface area (Å²) in [5.41, 5.74) is 0.552. The van der Waals surface area contributed by atoms with E-state index in [4.69, 9.17) is 4.74 Å². The van der Waals surface area contributed by atoms with Crippen molar-refractivity contribution in [2.45, 2.75) is 26.0 Å². The number of fused-ring (bicyclic) bond motifs is 1. The molecule has 1 amide bonds. The number of rotatable bonds is 8. The molecule has 0 fully saturated rings. The number of hydrogen-bond acceptors (Lipinski definition) is 5. The fraction of sp³-hybridized carbons (Fsp3) is 0.231. The topological polar surface area (TPSA) is 96.1 Å². The summed E-state index contributed by atoms with van der Waals surface area (Å²) in [6.07, 6.45) is 1.61. The molecule has 4 aromatic rings. The van der Waals surface area contributed by atoms with Crippen LogP contribution in [-0.4, -0.2) is 38.7 Å². The van der Waals surface area contributed by atoms with E-state index in [2.05, 4.69) is 10.3 Å². The van der Waals surface area contributed by atoms with Gasteiger partial charge in [0, 0.05) is 6.20 Å². The minimum Gasteiger partial charge on any atom is -0.485 e. The van der Waals surface area contributed by atoms with E-state index in [1.54, 1.807) is 37.4 Å². The normalized spacial score (nSPS) is 11.6. The van der Waals surface area contributed by atoms with Crippen LogP contribution in [0.1, 0.15) is 32.9 Å². The van der Waals surface area contributed by atoms with Crippen LogP contribution >= 0.6 is 0 Å². The third-order valence-electron chi connectivity index (χ3n) is 5.99. The highest BCUT2D eigenvalue weighted by Gasteiger charge is 2.35. The number of imidazole rings is 1. The second-order valence-electron chi connectivity index (χ2n) is 8.27. The van der Waals surface area contributed by atoms with Crippen LogP contribution in [0.15, 0.2) is 60.8 Å². The van der Waals surface area contributed by atoms with Crippen molar-refractivity contribution < 1.29 is 28.5 Å². The van der Waals surface area contributed by atoms with Gasteiger partial charge >= 0.3 is 0 Å². The van der Waals surface area contributed by atoms with Gasteiger partial charge in [-0.1, -0.05) is 30.3 Å². The number of nitrogens with zero attached hydrogens (tertiary/aromatic N) is 2. The highest BCUT2D eigenvalue weighted by Crippen LogP contribution is 2.27. The number of halogens is 2. The molecular formula is C26H25F2N3O4. The highest BCUT2D eigenvalue weighted by atomic mass is 19.1. The zero-order valence-electron chi connectivity index (χ0n) is 19.3. The molecule has 0 saturated heterocycles. The minimum atomic E-state index is -1.42. The molecule has 0 radical (unpaired) electrons. The Balaban J connectivity index is 1.68. The van der Waals surface area contributed by atoms with Crippen molar-refractivity contribution in [1.82, 2.24) is 14.7 Å². The number of nitrogens with one attached hydrogen (secondary N) is 1. The van der Waals surface area contributed by atoms with E-state index in [-0.39, 0.29) is 29.3 Å². The standard InChI is InChI=1S/C26H25F2N3O4/c1-16-7-3-4-8-19(16)26(14-32,15-33)30-25(34)23-17(2)29-24-22(11-6-12-31(23)24)35-13-18-20(27)9-5-10-21(18)28/h3-12,32-33H,13-15H2,1-2H3,(H,30,34). The first-order valence-corrected chi connectivity index (χ1v) is 10.9. The third kappa shape index (κ3) is 4.48. The molecule has 4 rings (SSSR count). The van der Waals surface area contributed by atoms with Crippen LogP contribution in [0.2, 0.25) is 0 Å². The van der Waals surface area contributed by atoms with Crippen LogP contribution in [0.4, 0.5) is 8.78 Å². The maximum absolute atomic E-state index is 14.0. The summed E-state index contributed by atoms with van der Waals surface area (Å²) in [5.74, 6) is -1.79. The lowest BCUT2D eigenvalue weighted by Crippen LogP contribution is -2.52. The largest absolute Gasteiger partial charge is 0.485 e. The van der Waals surface area contributed by atoms with Crippen molar-refractivity contribution in [1.29, 1.82) is 0 Å². The van der Waals surface area contributed by atoms with Gasteiger partial charge in [-0.3, -0.25) is 9.20 Å². The predicted octanol–water partition coefficient (Wildman–Crippen LogP) is 3.42. The Bertz CT molecular complexity index is 1360. The number of aryl methyl sites for hydroxylation is 2. The summed E-state index contributed by atoms with van der Waals surface area (Å²) in [6, 6.07) is 13.9. The molecule has 0 saturated carbocycles. The fourth-order valence-corrected chi connectivity index (χ4v) is 4.12. The number of aliphatic hydroxyl groups is 2. The fourth-order valence-electron chi connectivity index (χ4n) is 4.12. The smallest absolute Gasteiger partial charge is 0.271 e. The second-order valence-corrected chi connectivity index (χ2v) is 8.27. The molecule has 7 nitrogen and oxygen atoms in total. The first-order valence-electron chi connectivity index (χ1n) is 10.9. The van der Waals surface area contributed by atoms with Crippen LogP contribution in [-0.2, 0) is 12.1 Å². The molecule has 0 aliphatic rings. The highest BCUT2D eigenvalue weighted by molar-refractivity contribution is 5.95. The van der Waals surface area contributed by atoms with Crippen LogP contribution in [0, 0.1) is 25.5 Å². The molecule has 3 N–H and O–H groups in total. The van der Waals surface area contributed by atoms with Crippen molar-refractivity contribution in [3.63, 3.8) is 0 Å². The zero-order valence-corrected chi connectivity index (χ0v) is 19.3. The number of benzene rings is 2. The summed E-state index contributed by atoms with van der Waals surface area (Å²) < 4.78 is 35.2. The van der Waals surface area contributed by atoms with E-state index >= 15 is 0 Å². The summed E-state index contributed by atoms with van der Waals surface area (Å²) in [4.78, 5) is 17.8. The number of aliphatic hydroxyl groups excluding tert-OH is 2. The molecular weight excluding hydrogens is 456 g/mol. The SMILES string of the molecule is Cc1ccccc1C(CO)(CO)NC(=O)c1c(C)nc2c(OCc3c(F)cccc3F)cccn12. The Kier molecular flexibility index (Phi) is 6.81. The van der Waals surface area contributed by atoms with E-state index in [0.717, 1.165) is 17.7 Å². The molecule has 0 unspecified atom stereocenters. The molecule has 9 heteroatoms. The van der Waals surface area contributed by atoms with Crippen molar-refractivity contribution in [2.75, 3.05) is 13.2 Å². The van der Waals surface area contributed by atoms with Gasteiger partial charge in [0.25, 0.3) is 5.91 Å². The van der Waals surface area contributed by atoms with E-state index < -0.39 is 36.3 Å². The number of hydrogen-bond donors (Lipinski definition) is 3. The maximum Gasteiger partial charge on any atom is 0.271 e. The number of amides is 1. The number of pyridine rings is 1. The average molecular weight is 481 g/mol. The minimum absolute atomic E-state index is 0.169. The van der Waals surface area contributed by atoms with Crippen molar-refractivity contribution >= 4 is 11.6 Å². The first-order chi connectivity index (χ1) is 16.8. The van der Waals surface area contributed by atoms with E-state index in [1.165, 1.54) is 10.5 Å². The summed E-state index contributed by atoms with van der Waals surface area (Å²) in [6.45, 7) is 2.03. The molecule has 2 aromatic heterocycles. The number of carbonyl (C=O) groups excluding carboxylic acids is 1. The molecule has 0 aliphatic carbocycles. The Hall–Kier alpha value is -3.82. The van der Waals surface area contributed by atoms with Gasteiger partial charge in [0.15, 0.2) is 11.4 Å². The van der Waals surface area contributed by atoms with E-state index in [9.17, 15) is 23.8 Å². The van der Waals surface area contributed by atoms with Gasteiger partial charge in [-0.05, 0) is 49.2 Å². The van der Waals surface area contributed by atoms with Gasteiger partial charge in [-0.25, -0.2) is 13.8 Å². The lowest BCUT2D eigenvalue weighted by Gasteiger charge is -2.33. The van der Waals surface area contributed by atoms with Gasteiger partial charge in [-0.15, -0.1) is 0 Å². The molecule has 182 valence electrons. The van der Waals surface area contributed by atoms with Gasteiger partial charge in [0.2, 0.25) is 0 Å². The first kappa shape index (κ1) is 24.3. The van der Waals surface area contributed by atoms with Crippen LogP contribution in [0.3, 0.4) is 0 Å². The van der Waals surface area contributed by atoms with E-state index in [0.29, 0.717) is 11.3 Å². The van der Waals surface area contributed by atoms with Crippen molar-refractivity contribution in [3.05, 3.63) is 101 Å². The van der Waals surface area contributed by atoms with Crippen molar-refractivity contribution in [3.8, 4) is 5.75 Å². The Labute approximate surface area is 200 Å². The molecule has 0 atom stereocenters. The van der Waals surface area contributed by atoms with E-state index in [1.807, 2.05) is 19.1 Å². The van der Waals surface area contributed by atoms with Crippen LogP contribution in [0.5, 0.6) is 5.75 Å². The molecule has 0 aliphatic heterocycles. The number of aromatic nitrogens is 2. The average Bonchev–Trinajstić information content (AvgIpc) is 3.19. The summed E-state index contributed by atoms with van der Waals surface area (Å²) in [7, 11) is 0. The Morgan fingerprint density at radius 2 is 1.71 bits per heavy atom. The summed E-state index contributed by atoms with van der Waals surface area (Å²) >= 11 is 0.